The van der Waals surface area contributed by atoms with Crippen LogP contribution in [-0.4, -0.2) is 15.3 Å². The smallest absolute Gasteiger partial charge is 0.321 e. The van der Waals surface area contributed by atoms with Crippen LogP contribution in [0, 0.1) is 6.92 Å². The molecule has 1 N–H and O–H groups in total. The van der Waals surface area contributed by atoms with Crippen molar-refractivity contribution in [3.63, 3.8) is 0 Å². The highest BCUT2D eigenvalue weighted by Crippen LogP contribution is 2.30. The number of imidazole rings is 1. The third kappa shape index (κ3) is 3.56. The van der Waals surface area contributed by atoms with Crippen molar-refractivity contribution in [3.05, 3.63) is 65.1 Å². The Morgan fingerprint density at radius 1 is 1.23 bits per heavy atom. The standard InChI is InChI=1S/C19H18F3N3O/c1-3-5-15-17(25-11-12(2)8-9-16(25)24-15)18(26)23-14-7-4-6-13(10-14)19(20,21)22/h4,6-11H,3,5H2,1-2H3,(H,23,26). The molecule has 4 nitrogen and oxygen atoms in total. The van der Waals surface area contributed by atoms with Gasteiger partial charge in [0.2, 0.25) is 0 Å². The molecule has 0 radical (unpaired) electrons. The quantitative estimate of drug-likeness (QED) is 0.721. The van der Waals surface area contributed by atoms with Crippen LogP contribution in [-0.2, 0) is 12.6 Å². The van der Waals surface area contributed by atoms with E-state index in [4.69, 9.17) is 0 Å². The zero-order chi connectivity index (χ0) is 18.9. The van der Waals surface area contributed by atoms with E-state index in [9.17, 15) is 18.0 Å². The Bertz CT molecular complexity index is 960. The van der Waals surface area contributed by atoms with Crippen LogP contribution in [0.3, 0.4) is 0 Å². The minimum absolute atomic E-state index is 0.0925. The van der Waals surface area contributed by atoms with Crippen molar-refractivity contribution in [3.8, 4) is 0 Å². The molecule has 3 rings (SSSR count). The fourth-order valence-corrected chi connectivity index (χ4v) is 2.81. The maximum atomic E-state index is 12.9. The van der Waals surface area contributed by atoms with Crippen LogP contribution in [0.4, 0.5) is 18.9 Å². The van der Waals surface area contributed by atoms with Crippen LogP contribution in [0.2, 0.25) is 0 Å². The summed E-state index contributed by atoms with van der Waals surface area (Å²) < 4.78 is 40.3. The van der Waals surface area contributed by atoms with Crippen LogP contribution in [0.25, 0.3) is 5.65 Å². The van der Waals surface area contributed by atoms with Gasteiger partial charge in [-0.15, -0.1) is 0 Å². The minimum atomic E-state index is -4.46. The van der Waals surface area contributed by atoms with Crippen LogP contribution in [0.5, 0.6) is 0 Å². The Balaban J connectivity index is 2.00. The molecule has 136 valence electrons. The van der Waals surface area contributed by atoms with Gasteiger partial charge in [-0.1, -0.05) is 25.5 Å². The number of anilines is 1. The molecule has 2 heterocycles. The number of hydrogen-bond acceptors (Lipinski definition) is 2. The summed E-state index contributed by atoms with van der Waals surface area (Å²) >= 11 is 0. The summed E-state index contributed by atoms with van der Waals surface area (Å²) in [6.07, 6.45) is -1.27. The summed E-state index contributed by atoms with van der Waals surface area (Å²) in [7, 11) is 0. The first-order chi connectivity index (χ1) is 12.3. The average Bonchev–Trinajstić information content (AvgIpc) is 2.92. The Morgan fingerprint density at radius 2 is 2.00 bits per heavy atom. The van der Waals surface area contributed by atoms with E-state index in [1.54, 1.807) is 10.6 Å². The van der Waals surface area contributed by atoms with Gasteiger partial charge in [0.1, 0.15) is 11.3 Å². The first kappa shape index (κ1) is 18.0. The van der Waals surface area contributed by atoms with Gasteiger partial charge in [-0.2, -0.15) is 13.2 Å². The molecule has 0 fully saturated rings. The topological polar surface area (TPSA) is 46.4 Å². The highest BCUT2D eigenvalue weighted by molar-refractivity contribution is 6.04. The van der Waals surface area contributed by atoms with Gasteiger partial charge in [0, 0.05) is 11.9 Å². The van der Waals surface area contributed by atoms with Gasteiger partial charge in [-0.25, -0.2) is 4.98 Å². The molecule has 0 saturated carbocycles. The number of fused-ring (bicyclic) bond motifs is 1. The lowest BCUT2D eigenvalue weighted by molar-refractivity contribution is -0.137. The van der Waals surface area contributed by atoms with Gasteiger partial charge in [0.25, 0.3) is 5.91 Å². The number of carbonyl (C=O) groups is 1. The number of hydrogen-bond donors (Lipinski definition) is 1. The van der Waals surface area contributed by atoms with Crippen molar-refractivity contribution in [1.29, 1.82) is 0 Å². The molecule has 0 bridgehead atoms. The van der Waals surface area contributed by atoms with Crippen LogP contribution in [0.1, 0.15) is 40.7 Å². The van der Waals surface area contributed by atoms with Gasteiger partial charge < -0.3 is 5.32 Å². The van der Waals surface area contributed by atoms with Gasteiger partial charge in [-0.05, 0) is 43.2 Å². The van der Waals surface area contributed by atoms with Crippen LogP contribution < -0.4 is 5.32 Å². The molecule has 7 heteroatoms. The minimum Gasteiger partial charge on any atom is -0.321 e. The summed E-state index contributed by atoms with van der Waals surface area (Å²) in [5.74, 6) is -0.481. The number of aromatic nitrogens is 2. The second-order valence-electron chi connectivity index (χ2n) is 6.12. The van der Waals surface area contributed by atoms with Gasteiger partial charge in [-0.3, -0.25) is 9.20 Å². The Morgan fingerprint density at radius 3 is 2.69 bits per heavy atom. The molecule has 26 heavy (non-hydrogen) atoms. The Labute approximate surface area is 148 Å². The highest BCUT2D eigenvalue weighted by atomic mass is 19.4. The number of carbonyl (C=O) groups excluding carboxylic acids is 1. The van der Waals surface area contributed by atoms with Crippen LogP contribution >= 0.6 is 0 Å². The van der Waals surface area contributed by atoms with E-state index in [-0.39, 0.29) is 5.69 Å². The molecule has 1 amide bonds. The largest absolute Gasteiger partial charge is 0.416 e. The molecule has 0 saturated heterocycles. The molecule has 0 atom stereocenters. The summed E-state index contributed by atoms with van der Waals surface area (Å²) in [5.41, 5.74) is 1.85. The fraction of sp³-hybridized carbons (Fsp3) is 0.263. The summed E-state index contributed by atoms with van der Waals surface area (Å²) in [5, 5.41) is 2.57. The Kier molecular flexibility index (Phi) is 4.71. The molecule has 0 spiro atoms. The molecule has 0 aliphatic carbocycles. The van der Waals surface area contributed by atoms with Crippen molar-refractivity contribution in [2.75, 3.05) is 5.32 Å². The number of alkyl halides is 3. The first-order valence-corrected chi connectivity index (χ1v) is 8.26. The maximum absolute atomic E-state index is 12.9. The molecular formula is C19H18F3N3O. The predicted octanol–water partition coefficient (Wildman–Crippen LogP) is 4.87. The van der Waals surface area contributed by atoms with Crippen LogP contribution in [0.15, 0.2) is 42.6 Å². The second kappa shape index (κ2) is 6.82. The van der Waals surface area contributed by atoms with Gasteiger partial charge in [0.05, 0.1) is 11.3 Å². The SMILES string of the molecule is CCCc1nc2ccc(C)cn2c1C(=O)Nc1cccc(C(F)(F)F)c1. The third-order valence-electron chi connectivity index (χ3n) is 3.99. The molecule has 2 aromatic heterocycles. The number of rotatable bonds is 4. The van der Waals surface area contributed by atoms with E-state index < -0.39 is 17.6 Å². The highest BCUT2D eigenvalue weighted by Gasteiger charge is 2.30. The van der Waals surface area contributed by atoms with E-state index >= 15 is 0 Å². The number of halogens is 3. The van der Waals surface area contributed by atoms with E-state index in [0.717, 1.165) is 24.1 Å². The summed E-state index contributed by atoms with van der Waals surface area (Å²) in [6, 6.07) is 8.30. The fourth-order valence-electron chi connectivity index (χ4n) is 2.81. The monoisotopic (exact) mass is 361 g/mol. The van der Waals surface area contributed by atoms with Gasteiger partial charge >= 0.3 is 6.18 Å². The van der Waals surface area contributed by atoms with Crippen molar-refractivity contribution < 1.29 is 18.0 Å². The number of aryl methyl sites for hydroxylation is 2. The molecule has 0 unspecified atom stereocenters. The molecule has 1 aromatic carbocycles. The van der Waals surface area contributed by atoms with Crippen molar-refractivity contribution >= 4 is 17.2 Å². The van der Waals surface area contributed by atoms with E-state index in [0.29, 0.717) is 23.5 Å². The normalized spacial score (nSPS) is 11.7. The zero-order valence-corrected chi connectivity index (χ0v) is 14.4. The maximum Gasteiger partial charge on any atom is 0.416 e. The number of benzene rings is 1. The first-order valence-electron chi connectivity index (χ1n) is 8.26. The summed E-state index contributed by atoms with van der Waals surface area (Å²) in [6.45, 7) is 3.87. The second-order valence-corrected chi connectivity index (χ2v) is 6.12. The average molecular weight is 361 g/mol. The number of nitrogens with zero attached hydrogens (tertiary/aromatic N) is 2. The van der Waals surface area contributed by atoms with E-state index in [1.165, 1.54) is 12.1 Å². The van der Waals surface area contributed by atoms with E-state index in [1.807, 2.05) is 26.0 Å². The molecule has 0 aliphatic heterocycles. The van der Waals surface area contributed by atoms with Crippen molar-refractivity contribution in [1.82, 2.24) is 9.38 Å². The lowest BCUT2D eigenvalue weighted by atomic mass is 10.1. The lowest BCUT2D eigenvalue weighted by Crippen LogP contribution is -2.17. The molecular weight excluding hydrogens is 343 g/mol. The zero-order valence-electron chi connectivity index (χ0n) is 14.4. The van der Waals surface area contributed by atoms with Crippen molar-refractivity contribution in [2.24, 2.45) is 0 Å². The van der Waals surface area contributed by atoms with E-state index in [2.05, 4.69) is 10.3 Å². The molecule has 0 aliphatic rings. The van der Waals surface area contributed by atoms with Crippen molar-refractivity contribution in [2.45, 2.75) is 32.9 Å². The number of nitrogens with one attached hydrogen (secondary N) is 1. The summed E-state index contributed by atoms with van der Waals surface area (Å²) in [4.78, 5) is 17.3. The van der Waals surface area contributed by atoms with Gasteiger partial charge in [0.15, 0.2) is 0 Å². The Hall–Kier alpha value is -2.83. The predicted molar refractivity (Wildman–Crippen MR) is 93.3 cm³/mol. The number of amides is 1. The third-order valence-corrected chi connectivity index (χ3v) is 3.99. The lowest BCUT2D eigenvalue weighted by Gasteiger charge is -2.10. The number of pyridine rings is 1. The molecule has 3 aromatic rings.